The Morgan fingerprint density at radius 1 is 1.17 bits per heavy atom. The number of hydrogen-bond donors (Lipinski definition) is 2. The predicted octanol–water partition coefficient (Wildman–Crippen LogP) is 3.52. The van der Waals surface area contributed by atoms with Crippen molar-refractivity contribution in [3.8, 4) is 0 Å². The van der Waals surface area contributed by atoms with Crippen molar-refractivity contribution in [1.29, 1.82) is 0 Å². The zero-order valence-corrected chi connectivity index (χ0v) is 15.0. The van der Waals surface area contributed by atoms with E-state index < -0.39 is 6.10 Å². The zero-order valence-electron chi connectivity index (χ0n) is 14.3. The molecule has 4 nitrogen and oxygen atoms in total. The molecule has 0 radical (unpaired) electrons. The SMILES string of the molecule is NCCCCCCC(=O)N1CCC(C(O)c2ccc(Cl)cc2)CC1. The third kappa shape index (κ3) is 5.76. The maximum atomic E-state index is 12.2. The Hall–Kier alpha value is -1.10. The first-order valence-corrected chi connectivity index (χ1v) is 9.41. The molecule has 1 unspecified atom stereocenters. The number of likely N-dealkylation sites (tertiary alicyclic amines) is 1. The second-order valence-corrected chi connectivity index (χ2v) is 7.10. The van der Waals surface area contributed by atoms with Gasteiger partial charge in [-0.3, -0.25) is 4.79 Å². The monoisotopic (exact) mass is 352 g/mol. The van der Waals surface area contributed by atoms with E-state index >= 15 is 0 Å². The highest BCUT2D eigenvalue weighted by molar-refractivity contribution is 6.30. The molecule has 1 aromatic carbocycles. The summed E-state index contributed by atoms with van der Waals surface area (Å²) in [5.41, 5.74) is 6.38. The number of halogens is 1. The molecule has 1 aliphatic rings. The fourth-order valence-corrected chi connectivity index (χ4v) is 3.45. The number of nitrogens with zero attached hydrogens (tertiary/aromatic N) is 1. The highest BCUT2D eigenvalue weighted by Crippen LogP contribution is 2.31. The Balaban J connectivity index is 1.72. The maximum Gasteiger partial charge on any atom is 0.222 e. The van der Waals surface area contributed by atoms with E-state index in [0.29, 0.717) is 11.4 Å². The molecule has 1 atom stereocenters. The van der Waals surface area contributed by atoms with E-state index in [9.17, 15) is 9.90 Å². The van der Waals surface area contributed by atoms with Gasteiger partial charge in [-0.25, -0.2) is 0 Å². The number of piperidine rings is 1. The fraction of sp³-hybridized carbons (Fsp3) is 0.632. The van der Waals surface area contributed by atoms with Gasteiger partial charge in [0, 0.05) is 24.5 Å². The van der Waals surface area contributed by atoms with Crippen molar-refractivity contribution < 1.29 is 9.90 Å². The van der Waals surface area contributed by atoms with Crippen LogP contribution in [0.25, 0.3) is 0 Å². The minimum atomic E-state index is -0.476. The molecule has 0 bridgehead atoms. The number of hydrogen-bond acceptors (Lipinski definition) is 3. The van der Waals surface area contributed by atoms with Gasteiger partial charge in [0.1, 0.15) is 0 Å². The molecule has 0 aliphatic carbocycles. The summed E-state index contributed by atoms with van der Waals surface area (Å²) in [7, 11) is 0. The summed E-state index contributed by atoms with van der Waals surface area (Å²) in [4.78, 5) is 14.2. The van der Waals surface area contributed by atoms with Gasteiger partial charge in [0.2, 0.25) is 5.91 Å². The van der Waals surface area contributed by atoms with Crippen LogP contribution in [0.2, 0.25) is 5.02 Å². The van der Waals surface area contributed by atoms with Gasteiger partial charge >= 0.3 is 0 Å². The average Bonchev–Trinajstić information content (AvgIpc) is 2.61. The fourth-order valence-electron chi connectivity index (χ4n) is 3.33. The number of aliphatic hydroxyl groups is 1. The van der Waals surface area contributed by atoms with Crippen molar-refractivity contribution in [2.75, 3.05) is 19.6 Å². The van der Waals surface area contributed by atoms with E-state index in [1.54, 1.807) is 0 Å². The summed E-state index contributed by atoms with van der Waals surface area (Å²) < 4.78 is 0. The molecule has 5 heteroatoms. The molecule has 2 rings (SSSR count). The van der Waals surface area contributed by atoms with Gasteiger partial charge in [0.25, 0.3) is 0 Å². The topological polar surface area (TPSA) is 66.6 Å². The van der Waals surface area contributed by atoms with Gasteiger partial charge in [0.05, 0.1) is 6.10 Å². The number of nitrogens with two attached hydrogens (primary N) is 1. The summed E-state index contributed by atoms with van der Waals surface area (Å²) in [5.74, 6) is 0.460. The van der Waals surface area contributed by atoms with Crippen LogP contribution in [0.1, 0.15) is 56.6 Å². The van der Waals surface area contributed by atoms with Gasteiger partial charge in [-0.2, -0.15) is 0 Å². The lowest BCUT2D eigenvalue weighted by atomic mass is 9.87. The molecule has 1 aliphatic heterocycles. The lowest BCUT2D eigenvalue weighted by molar-refractivity contribution is -0.133. The average molecular weight is 353 g/mol. The highest BCUT2D eigenvalue weighted by Gasteiger charge is 2.27. The molecule has 0 aromatic heterocycles. The van der Waals surface area contributed by atoms with E-state index in [4.69, 9.17) is 17.3 Å². The van der Waals surface area contributed by atoms with Crippen molar-refractivity contribution in [3.05, 3.63) is 34.9 Å². The molecule has 1 amide bonds. The van der Waals surface area contributed by atoms with Crippen LogP contribution in [0, 0.1) is 5.92 Å². The summed E-state index contributed by atoms with van der Waals surface area (Å²) in [6.07, 6.45) is 6.04. The molecule has 1 aromatic rings. The molecule has 24 heavy (non-hydrogen) atoms. The van der Waals surface area contributed by atoms with Gasteiger partial charge in [0.15, 0.2) is 0 Å². The maximum absolute atomic E-state index is 12.2. The first-order chi connectivity index (χ1) is 11.6. The summed E-state index contributed by atoms with van der Waals surface area (Å²) in [6, 6.07) is 7.38. The van der Waals surface area contributed by atoms with Crippen LogP contribution in [0.4, 0.5) is 0 Å². The Bertz CT molecular complexity index is 499. The number of benzene rings is 1. The van der Waals surface area contributed by atoms with Crippen molar-refractivity contribution in [3.63, 3.8) is 0 Å². The second kappa shape index (κ2) is 10.0. The van der Waals surface area contributed by atoms with Crippen LogP contribution in [0.5, 0.6) is 0 Å². The van der Waals surface area contributed by atoms with Crippen LogP contribution in [0.15, 0.2) is 24.3 Å². The number of unbranched alkanes of at least 4 members (excludes halogenated alkanes) is 3. The third-order valence-corrected chi connectivity index (χ3v) is 5.15. The highest BCUT2D eigenvalue weighted by atomic mass is 35.5. The van der Waals surface area contributed by atoms with Gasteiger partial charge in [-0.15, -0.1) is 0 Å². The largest absolute Gasteiger partial charge is 0.388 e. The van der Waals surface area contributed by atoms with Crippen molar-refractivity contribution in [2.45, 2.75) is 51.0 Å². The third-order valence-electron chi connectivity index (χ3n) is 4.90. The minimum Gasteiger partial charge on any atom is -0.388 e. The van der Waals surface area contributed by atoms with Crippen molar-refractivity contribution in [2.24, 2.45) is 11.7 Å². The van der Waals surface area contributed by atoms with Crippen LogP contribution in [-0.2, 0) is 4.79 Å². The van der Waals surface area contributed by atoms with Gasteiger partial charge < -0.3 is 15.7 Å². The number of carbonyl (C=O) groups is 1. The molecule has 0 saturated carbocycles. The number of rotatable bonds is 8. The van der Waals surface area contributed by atoms with Gasteiger partial charge in [-0.05, 0) is 55.8 Å². The van der Waals surface area contributed by atoms with Crippen molar-refractivity contribution >= 4 is 17.5 Å². The lowest BCUT2D eigenvalue weighted by Crippen LogP contribution is -2.39. The molecule has 1 fully saturated rings. The quantitative estimate of drug-likeness (QED) is 0.703. The lowest BCUT2D eigenvalue weighted by Gasteiger charge is -2.34. The van der Waals surface area contributed by atoms with Gasteiger partial charge in [-0.1, -0.05) is 36.6 Å². The first-order valence-electron chi connectivity index (χ1n) is 9.03. The Morgan fingerprint density at radius 3 is 2.42 bits per heavy atom. The predicted molar refractivity (Wildman–Crippen MR) is 97.9 cm³/mol. The van der Waals surface area contributed by atoms with Crippen molar-refractivity contribution in [1.82, 2.24) is 4.90 Å². The van der Waals surface area contributed by atoms with Crippen LogP contribution < -0.4 is 5.73 Å². The Labute approximate surface area is 150 Å². The van der Waals surface area contributed by atoms with E-state index in [2.05, 4.69) is 0 Å². The zero-order chi connectivity index (χ0) is 17.4. The Morgan fingerprint density at radius 2 is 1.79 bits per heavy atom. The molecule has 3 N–H and O–H groups in total. The molecule has 134 valence electrons. The smallest absolute Gasteiger partial charge is 0.222 e. The summed E-state index contributed by atoms with van der Waals surface area (Å²) >= 11 is 5.89. The van der Waals surface area contributed by atoms with E-state index in [1.165, 1.54) is 0 Å². The molecular weight excluding hydrogens is 324 g/mol. The normalized spacial score (nSPS) is 17.0. The summed E-state index contributed by atoms with van der Waals surface area (Å²) in [5, 5.41) is 11.2. The van der Waals surface area contributed by atoms with E-state index in [1.807, 2.05) is 29.2 Å². The summed E-state index contributed by atoms with van der Waals surface area (Å²) in [6.45, 7) is 2.23. The van der Waals surface area contributed by atoms with Crippen LogP contribution in [0.3, 0.4) is 0 Å². The van der Waals surface area contributed by atoms with Crippen LogP contribution in [-0.4, -0.2) is 35.5 Å². The molecular formula is C19H29ClN2O2. The molecule has 0 spiro atoms. The van der Waals surface area contributed by atoms with E-state index in [-0.39, 0.29) is 11.8 Å². The minimum absolute atomic E-state index is 0.208. The van der Waals surface area contributed by atoms with Crippen LogP contribution >= 0.6 is 11.6 Å². The standard InChI is InChI=1S/C19H29ClN2O2/c20-17-8-6-15(7-9-17)19(24)16-10-13-22(14-11-16)18(23)5-3-1-2-4-12-21/h6-9,16,19,24H,1-5,10-14,21H2. The number of aliphatic hydroxyl groups excluding tert-OH is 1. The Kier molecular flexibility index (Phi) is 8.03. The number of amides is 1. The van der Waals surface area contributed by atoms with E-state index in [0.717, 1.165) is 63.7 Å². The molecule has 1 heterocycles. The number of carbonyl (C=O) groups excluding carboxylic acids is 1. The second-order valence-electron chi connectivity index (χ2n) is 6.67. The first kappa shape index (κ1) is 19.2. The molecule has 1 saturated heterocycles.